The van der Waals surface area contributed by atoms with E-state index >= 15 is 0 Å². The van der Waals surface area contributed by atoms with Gasteiger partial charge in [-0.15, -0.1) is 0 Å². The molecule has 6 rings (SSSR count). The number of nitro groups is 1. The van der Waals surface area contributed by atoms with Crippen LogP contribution in [0.15, 0.2) is 114 Å². The van der Waals surface area contributed by atoms with Crippen molar-refractivity contribution >= 4 is 34.1 Å². The summed E-state index contributed by atoms with van der Waals surface area (Å²) in [4.78, 5) is 54.3. The number of aliphatic hydroxyl groups is 2. The number of amides is 2. The zero-order valence-electron chi connectivity index (χ0n) is 26.7. The predicted molar refractivity (Wildman–Crippen MR) is 184 cm³/mol. The van der Waals surface area contributed by atoms with Crippen molar-refractivity contribution in [2.45, 2.75) is 32.0 Å². The number of nitrogens with zero attached hydrogens (tertiary/aromatic N) is 4. The van der Waals surface area contributed by atoms with E-state index in [2.05, 4.69) is 5.10 Å². The second-order valence-electron chi connectivity index (χ2n) is 12.0. The molecule has 2 heterocycles. The average molecular weight is 662 g/mol. The van der Waals surface area contributed by atoms with E-state index in [1.54, 1.807) is 61.5 Å². The Morgan fingerprint density at radius 1 is 1.00 bits per heavy atom. The molecule has 0 radical (unpaired) electrons. The van der Waals surface area contributed by atoms with Crippen LogP contribution < -0.4 is 10.5 Å². The van der Waals surface area contributed by atoms with E-state index < -0.39 is 22.3 Å². The molecule has 12 heteroatoms. The number of carbonyl (C=O) groups is 2. The Morgan fingerprint density at radius 3 is 2.47 bits per heavy atom. The Bertz CT molecular complexity index is 2120. The number of benzene rings is 4. The molecule has 0 aliphatic carbocycles. The number of non-ortho nitro benzene ring substituents is 1. The fourth-order valence-electron chi connectivity index (χ4n) is 6.28. The highest BCUT2D eigenvalue weighted by atomic mass is 16.6. The summed E-state index contributed by atoms with van der Waals surface area (Å²) in [6.45, 7) is 1.87. The fraction of sp³-hybridized carbons (Fsp3) is 0.216. The van der Waals surface area contributed by atoms with Crippen molar-refractivity contribution in [1.29, 1.82) is 0 Å². The first-order valence-electron chi connectivity index (χ1n) is 15.8. The first-order valence-corrected chi connectivity index (χ1v) is 15.8. The summed E-state index contributed by atoms with van der Waals surface area (Å²) in [5.41, 5.74) is 0.521. The van der Waals surface area contributed by atoms with Crippen molar-refractivity contribution in [1.82, 2.24) is 14.7 Å². The summed E-state index contributed by atoms with van der Waals surface area (Å²) in [6, 6.07) is 27.5. The summed E-state index contributed by atoms with van der Waals surface area (Å²) in [6.07, 6.45) is 3.08. The van der Waals surface area contributed by atoms with Gasteiger partial charge in [-0.2, -0.15) is 0 Å². The number of anilines is 1. The molecule has 49 heavy (non-hydrogen) atoms. The molecule has 0 spiro atoms. The fourth-order valence-corrected chi connectivity index (χ4v) is 6.28. The van der Waals surface area contributed by atoms with E-state index in [0.29, 0.717) is 34.4 Å². The number of aliphatic hydroxyl groups excluding tert-OH is 1. The van der Waals surface area contributed by atoms with E-state index in [9.17, 15) is 34.7 Å². The highest BCUT2D eigenvalue weighted by molar-refractivity contribution is 6.07. The van der Waals surface area contributed by atoms with Crippen molar-refractivity contribution in [3.05, 3.63) is 146 Å². The molecule has 2 atom stereocenters. The van der Waals surface area contributed by atoms with Crippen LogP contribution in [0.5, 0.6) is 0 Å². The van der Waals surface area contributed by atoms with Crippen molar-refractivity contribution in [2.75, 3.05) is 18.1 Å². The maximum atomic E-state index is 14.1. The van der Waals surface area contributed by atoms with E-state index in [1.165, 1.54) is 32.7 Å². The summed E-state index contributed by atoms with van der Waals surface area (Å²) in [5.74, 6) is -1.81. The number of hydrogen-bond acceptors (Lipinski definition) is 7. The van der Waals surface area contributed by atoms with E-state index in [4.69, 9.17) is 0 Å². The van der Waals surface area contributed by atoms with Gasteiger partial charge in [-0.3, -0.25) is 29.6 Å². The van der Waals surface area contributed by atoms with Crippen molar-refractivity contribution in [2.24, 2.45) is 5.92 Å². The number of H-pyrrole nitrogens is 1. The topological polar surface area (TPSA) is 162 Å². The lowest BCUT2D eigenvalue weighted by Crippen LogP contribution is -2.44. The number of nitro benzene ring substituents is 1. The SMILES string of the molecule is C[C@H](/C=C/CC(=O)N(CCO)Cc1ccccc1)[C@@]1(O)C(=O)N(Cc2cccc(-n3[nH]c4ccccc4c3=O)c2)c2ccc([N+](=O)[O-])cc21. The van der Waals surface area contributed by atoms with Gasteiger partial charge in [0.2, 0.25) is 5.91 Å². The maximum absolute atomic E-state index is 14.1. The van der Waals surface area contributed by atoms with Gasteiger partial charge < -0.3 is 20.0 Å². The molecule has 0 fully saturated rings. The van der Waals surface area contributed by atoms with Crippen molar-refractivity contribution in [3.8, 4) is 5.69 Å². The molecule has 0 unspecified atom stereocenters. The quantitative estimate of drug-likeness (QED) is 0.100. The minimum Gasteiger partial charge on any atom is -0.395 e. The van der Waals surface area contributed by atoms with Crippen LogP contribution in [0.2, 0.25) is 0 Å². The average Bonchev–Trinajstić information content (AvgIpc) is 3.56. The van der Waals surface area contributed by atoms with Crippen molar-refractivity contribution < 1.29 is 24.7 Å². The van der Waals surface area contributed by atoms with Gasteiger partial charge in [0.1, 0.15) is 0 Å². The molecule has 2 amide bonds. The third-order valence-electron chi connectivity index (χ3n) is 8.88. The van der Waals surface area contributed by atoms with Crippen LogP contribution in [0.25, 0.3) is 16.6 Å². The second-order valence-corrected chi connectivity index (χ2v) is 12.0. The van der Waals surface area contributed by atoms with Crippen LogP contribution in [0.1, 0.15) is 30.0 Å². The van der Waals surface area contributed by atoms with E-state index in [0.717, 1.165) is 5.56 Å². The molecule has 0 saturated heterocycles. The first-order chi connectivity index (χ1) is 23.6. The summed E-state index contributed by atoms with van der Waals surface area (Å²) in [7, 11) is 0. The van der Waals surface area contributed by atoms with Crippen LogP contribution >= 0.6 is 0 Å². The molecule has 250 valence electrons. The third-order valence-corrected chi connectivity index (χ3v) is 8.88. The lowest BCUT2D eigenvalue weighted by atomic mass is 9.82. The number of aromatic amines is 1. The molecule has 3 N–H and O–H groups in total. The first kappa shape index (κ1) is 33.1. The van der Waals surface area contributed by atoms with Crippen LogP contribution in [0.3, 0.4) is 0 Å². The normalized spacial score (nSPS) is 16.3. The number of nitrogens with one attached hydrogen (secondary N) is 1. The zero-order chi connectivity index (χ0) is 34.7. The van der Waals surface area contributed by atoms with Gasteiger partial charge in [0.15, 0.2) is 5.60 Å². The monoisotopic (exact) mass is 661 g/mol. The Labute approximate surface area is 281 Å². The second kappa shape index (κ2) is 13.7. The van der Waals surface area contributed by atoms with E-state index in [1.807, 2.05) is 36.4 Å². The number of hydrogen-bond donors (Lipinski definition) is 3. The minimum atomic E-state index is -2.17. The number of carbonyl (C=O) groups excluding carboxylic acids is 2. The molecule has 0 saturated carbocycles. The van der Waals surface area contributed by atoms with Crippen LogP contribution in [0.4, 0.5) is 11.4 Å². The molecule has 1 aliphatic rings. The summed E-state index contributed by atoms with van der Waals surface area (Å²) < 4.78 is 1.42. The Balaban J connectivity index is 1.26. The Hall–Kier alpha value is -5.85. The lowest BCUT2D eigenvalue weighted by molar-refractivity contribution is -0.385. The van der Waals surface area contributed by atoms with Gasteiger partial charge in [-0.05, 0) is 41.5 Å². The van der Waals surface area contributed by atoms with E-state index in [-0.39, 0.29) is 48.8 Å². The molecule has 0 bridgehead atoms. The van der Waals surface area contributed by atoms with Crippen LogP contribution in [-0.2, 0) is 28.3 Å². The summed E-state index contributed by atoms with van der Waals surface area (Å²) >= 11 is 0. The maximum Gasteiger partial charge on any atom is 0.279 e. The molecule has 4 aromatic carbocycles. The minimum absolute atomic E-state index is 0.0132. The Kier molecular flexibility index (Phi) is 9.25. The molecular formula is C37H35N5O7. The zero-order valence-corrected chi connectivity index (χ0v) is 26.7. The van der Waals surface area contributed by atoms with Crippen molar-refractivity contribution in [3.63, 3.8) is 0 Å². The van der Waals surface area contributed by atoms with Crippen LogP contribution in [0, 0.1) is 16.0 Å². The van der Waals surface area contributed by atoms with Gasteiger partial charge in [0.05, 0.1) is 40.4 Å². The Morgan fingerprint density at radius 2 is 1.73 bits per heavy atom. The van der Waals surface area contributed by atoms with Gasteiger partial charge in [-0.25, -0.2) is 4.68 Å². The van der Waals surface area contributed by atoms with Gasteiger partial charge in [-0.1, -0.05) is 73.7 Å². The molecule has 1 aliphatic heterocycles. The third kappa shape index (κ3) is 6.39. The largest absolute Gasteiger partial charge is 0.395 e. The highest BCUT2D eigenvalue weighted by Gasteiger charge is 2.53. The smallest absolute Gasteiger partial charge is 0.279 e. The predicted octanol–water partition coefficient (Wildman–Crippen LogP) is 4.56. The standard InChI is InChI=1S/C37H35N5O7/c1-25(9-7-16-34(44)39(19-20-43)23-26-10-3-2-4-11-26)37(47)31-22-29(42(48)49)17-18-33(31)40(36(37)46)24-27-12-8-13-28(21-27)41-35(45)30-14-5-6-15-32(30)38-41/h2-15,17-18,21-22,25,38,43,47H,16,19-20,23-24H2,1H3/b9-7+/t25-,37+/m1/s1. The van der Waals surface area contributed by atoms with Crippen LogP contribution in [-0.4, -0.2) is 54.8 Å². The summed E-state index contributed by atoms with van der Waals surface area (Å²) in [5, 5.41) is 37.0. The van der Waals surface area contributed by atoms with Gasteiger partial charge in [0, 0.05) is 43.1 Å². The molecular weight excluding hydrogens is 626 g/mol. The number of aromatic nitrogens is 2. The molecule has 1 aromatic heterocycles. The molecule has 5 aromatic rings. The number of rotatable bonds is 12. The highest BCUT2D eigenvalue weighted by Crippen LogP contribution is 2.47. The number of para-hydroxylation sites is 1. The van der Waals surface area contributed by atoms with Gasteiger partial charge >= 0.3 is 0 Å². The van der Waals surface area contributed by atoms with Gasteiger partial charge in [0.25, 0.3) is 17.2 Å². The lowest BCUT2D eigenvalue weighted by Gasteiger charge is -2.28. The molecule has 12 nitrogen and oxygen atoms in total. The number of fused-ring (bicyclic) bond motifs is 2.